The van der Waals surface area contributed by atoms with Crippen molar-refractivity contribution in [2.75, 3.05) is 5.73 Å². The van der Waals surface area contributed by atoms with E-state index in [0.29, 0.717) is 6.61 Å². The van der Waals surface area contributed by atoms with Gasteiger partial charge in [-0.25, -0.2) is 0 Å². The molecule has 0 heterocycles. The number of hydrogen-bond donors (Lipinski definition) is 1. The number of aryl methyl sites for hydroxylation is 1. The molecule has 0 bridgehead atoms. The van der Waals surface area contributed by atoms with Gasteiger partial charge >= 0.3 is 0 Å². The molecule has 1 aromatic carbocycles. The molecule has 3 heteroatoms. The van der Waals surface area contributed by atoms with Gasteiger partial charge in [0.05, 0.1) is 5.71 Å². The molecule has 0 radical (unpaired) electrons. The maximum atomic E-state index is 5.92. The molecule has 0 unspecified atom stereocenters. The molecule has 0 amide bonds. The summed E-state index contributed by atoms with van der Waals surface area (Å²) < 4.78 is 0. The monoisotopic (exact) mass is 220 g/mol. The predicted molar refractivity (Wildman–Crippen MR) is 68.4 cm³/mol. The van der Waals surface area contributed by atoms with E-state index in [1.165, 1.54) is 5.56 Å². The van der Waals surface area contributed by atoms with Crippen LogP contribution in [0.4, 0.5) is 5.69 Å². The molecule has 16 heavy (non-hydrogen) atoms. The maximum Gasteiger partial charge on any atom is 0.144 e. The van der Waals surface area contributed by atoms with Crippen molar-refractivity contribution in [3.8, 4) is 0 Å². The highest BCUT2D eigenvalue weighted by atomic mass is 16.6. The highest BCUT2D eigenvalue weighted by Crippen LogP contribution is 2.18. The number of nitrogen functional groups attached to an aromatic ring is 1. The second kappa shape index (κ2) is 6.16. The summed E-state index contributed by atoms with van der Waals surface area (Å²) >= 11 is 0. The van der Waals surface area contributed by atoms with E-state index in [-0.39, 0.29) is 0 Å². The fourth-order valence-electron chi connectivity index (χ4n) is 1.43. The van der Waals surface area contributed by atoms with Crippen LogP contribution in [0.3, 0.4) is 0 Å². The van der Waals surface area contributed by atoms with Crippen molar-refractivity contribution in [1.29, 1.82) is 0 Å². The van der Waals surface area contributed by atoms with Crippen LogP contribution in [0.15, 0.2) is 23.4 Å². The van der Waals surface area contributed by atoms with Gasteiger partial charge in [-0.1, -0.05) is 31.1 Å². The minimum Gasteiger partial charge on any atom is -0.398 e. The third-order valence-corrected chi connectivity index (χ3v) is 2.63. The lowest BCUT2D eigenvalue weighted by Crippen LogP contribution is -2.01. The van der Waals surface area contributed by atoms with Crippen molar-refractivity contribution < 1.29 is 4.84 Å². The molecule has 0 aliphatic heterocycles. The van der Waals surface area contributed by atoms with E-state index in [1.807, 2.05) is 19.1 Å². The number of nitrogens with zero attached hydrogens (tertiary/aromatic N) is 1. The van der Waals surface area contributed by atoms with Crippen LogP contribution in [0.1, 0.15) is 38.3 Å². The normalized spacial score (nSPS) is 11.6. The van der Waals surface area contributed by atoms with Gasteiger partial charge in [-0.05, 0) is 31.4 Å². The smallest absolute Gasteiger partial charge is 0.144 e. The van der Waals surface area contributed by atoms with E-state index in [9.17, 15) is 0 Å². The number of benzene rings is 1. The molecule has 1 rings (SSSR count). The fraction of sp³-hybridized carbons (Fsp3) is 0.462. The van der Waals surface area contributed by atoms with E-state index in [2.05, 4.69) is 25.1 Å². The Kier molecular flexibility index (Phi) is 4.83. The zero-order valence-electron chi connectivity index (χ0n) is 10.3. The summed E-state index contributed by atoms with van der Waals surface area (Å²) in [6.07, 6.45) is 1.87. The minimum atomic E-state index is 0.452. The highest BCUT2D eigenvalue weighted by molar-refractivity contribution is 5.80. The van der Waals surface area contributed by atoms with Gasteiger partial charge in [0.1, 0.15) is 6.61 Å². The number of anilines is 1. The predicted octanol–water partition coefficient (Wildman–Crippen LogP) is 3.13. The van der Waals surface area contributed by atoms with Gasteiger partial charge in [0.2, 0.25) is 0 Å². The second-order valence-corrected chi connectivity index (χ2v) is 3.79. The van der Waals surface area contributed by atoms with E-state index in [1.54, 1.807) is 0 Å². The third kappa shape index (κ3) is 3.26. The molecular formula is C13H20N2O. The van der Waals surface area contributed by atoms with E-state index in [4.69, 9.17) is 10.6 Å². The van der Waals surface area contributed by atoms with Crippen LogP contribution in [0, 0.1) is 0 Å². The van der Waals surface area contributed by atoms with Crippen LogP contribution in [-0.2, 0) is 17.9 Å². The first kappa shape index (κ1) is 12.6. The molecule has 0 aliphatic rings. The second-order valence-electron chi connectivity index (χ2n) is 3.79. The molecule has 0 aliphatic carbocycles. The molecule has 0 saturated carbocycles. The summed E-state index contributed by atoms with van der Waals surface area (Å²) in [5, 5.41) is 4.02. The van der Waals surface area contributed by atoms with Crippen LogP contribution < -0.4 is 5.73 Å². The Morgan fingerprint density at radius 1 is 1.38 bits per heavy atom. The Labute approximate surface area is 97.3 Å². The minimum absolute atomic E-state index is 0.452. The maximum absolute atomic E-state index is 5.92. The van der Waals surface area contributed by atoms with Gasteiger partial charge in [-0.2, -0.15) is 0 Å². The molecule has 1 aromatic rings. The van der Waals surface area contributed by atoms with Gasteiger partial charge in [0.25, 0.3) is 0 Å². The standard InChI is InChI=1S/C13H20N2O/c1-4-10(3)15-16-9-12-11(5-2)7-6-8-13(12)14/h6-8H,4-5,9,14H2,1-3H3. The molecule has 0 aromatic heterocycles. The van der Waals surface area contributed by atoms with Crippen molar-refractivity contribution in [3.05, 3.63) is 29.3 Å². The van der Waals surface area contributed by atoms with Crippen molar-refractivity contribution in [2.24, 2.45) is 5.16 Å². The summed E-state index contributed by atoms with van der Waals surface area (Å²) in [6, 6.07) is 5.94. The van der Waals surface area contributed by atoms with Crippen LogP contribution in [0.2, 0.25) is 0 Å². The first-order chi connectivity index (χ1) is 7.69. The summed E-state index contributed by atoms with van der Waals surface area (Å²) in [5.41, 5.74) is 9.97. The first-order valence-corrected chi connectivity index (χ1v) is 5.70. The number of rotatable bonds is 5. The lowest BCUT2D eigenvalue weighted by molar-refractivity contribution is 0.129. The highest BCUT2D eigenvalue weighted by Gasteiger charge is 2.04. The lowest BCUT2D eigenvalue weighted by Gasteiger charge is -2.09. The van der Waals surface area contributed by atoms with Crippen molar-refractivity contribution >= 4 is 11.4 Å². The Hall–Kier alpha value is -1.51. The Morgan fingerprint density at radius 3 is 2.75 bits per heavy atom. The molecule has 3 nitrogen and oxygen atoms in total. The number of nitrogens with two attached hydrogens (primary N) is 1. The fourth-order valence-corrected chi connectivity index (χ4v) is 1.43. The Balaban J connectivity index is 2.73. The number of oxime groups is 1. The van der Waals surface area contributed by atoms with E-state index in [0.717, 1.165) is 29.8 Å². The molecule has 2 N–H and O–H groups in total. The lowest BCUT2D eigenvalue weighted by atomic mass is 10.0. The van der Waals surface area contributed by atoms with Crippen LogP contribution in [0.5, 0.6) is 0 Å². The van der Waals surface area contributed by atoms with Gasteiger partial charge < -0.3 is 10.6 Å². The molecule has 0 atom stereocenters. The SMILES string of the molecule is CCC(C)=NOCc1c(N)cccc1CC. The van der Waals surface area contributed by atoms with E-state index < -0.39 is 0 Å². The van der Waals surface area contributed by atoms with Crippen molar-refractivity contribution in [3.63, 3.8) is 0 Å². The van der Waals surface area contributed by atoms with Crippen LogP contribution >= 0.6 is 0 Å². The van der Waals surface area contributed by atoms with Gasteiger partial charge in [-0.15, -0.1) is 0 Å². The van der Waals surface area contributed by atoms with Gasteiger partial charge in [0.15, 0.2) is 0 Å². The van der Waals surface area contributed by atoms with Crippen LogP contribution in [-0.4, -0.2) is 5.71 Å². The summed E-state index contributed by atoms with van der Waals surface area (Å²) in [7, 11) is 0. The van der Waals surface area contributed by atoms with Crippen molar-refractivity contribution in [1.82, 2.24) is 0 Å². The summed E-state index contributed by atoms with van der Waals surface area (Å²) in [6.45, 7) is 6.57. The molecule has 0 saturated heterocycles. The quantitative estimate of drug-likeness (QED) is 0.471. The van der Waals surface area contributed by atoms with Crippen molar-refractivity contribution in [2.45, 2.75) is 40.2 Å². The zero-order chi connectivity index (χ0) is 12.0. The van der Waals surface area contributed by atoms with Gasteiger partial charge in [-0.3, -0.25) is 0 Å². The van der Waals surface area contributed by atoms with Gasteiger partial charge in [0, 0.05) is 11.3 Å². The average Bonchev–Trinajstić information content (AvgIpc) is 2.30. The average molecular weight is 220 g/mol. The first-order valence-electron chi connectivity index (χ1n) is 5.70. The zero-order valence-corrected chi connectivity index (χ0v) is 10.3. The summed E-state index contributed by atoms with van der Waals surface area (Å²) in [5.74, 6) is 0. The topological polar surface area (TPSA) is 47.6 Å². The number of hydrogen-bond acceptors (Lipinski definition) is 3. The Morgan fingerprint density at radius 2 is 2.12 bits per heavy atom. The third-order valence-electron chi connectivity index (χ3n) is 2.63. The Bertz CT molecular complexity index is 372. The molecule has 0 fully saturated rings. The summed E-state index contributed by atoms with van der Waals surface area (Å²) in [4.78, 5) is 5.30. The molecular weight excluding hydrogens is 200 g/mol. The van der Waals surface area contributed by atoms with Crippen LogP contribution in [0.25, 0.3) is 0 Å². The molecule has 88 valence electrons. The van der Waals surface area contributed by atoms with E-state index >= 15 is 0 Å². The largest absolute Gasteiger partial charge is 0.398 e. The molecule has 0 spiro atoms.